The second-order valence-corrected chi connectivity index (χ2v) is 8.60. The van der Waals surface area contributed by atoms with Crippen molar-refractivity contribution in [2.24, 2.45) is 0 Å². The van der Waals surface area contributed by atoms with E-state index in [9.17, 15) is 0 Å². The van der Waals surface area contributed by atoms with E-state index in [0.717, 1.165) is 23.5 Å². The average Bonchev–Trinajstić information content (AvgIpc) is 2.73. The van der Waals surface area contributed by atoms with Crippen LogP contribution in [0, 0.1) is 0 Å². The lowest BCUT2D eigenvalue weighted by Gasteiger charge is -2.26. The lowest BCUT2D eigenvalue weighted by atomic mass is 10.00. The number of ether oxygens (including phenoxy) is 1. The van der Waals surface area contributed by atoms with E-state index < -0.39 is 0 Å². The Labute approximate surface area is 182 Å². The van der Waals surface area contributed by atoms with E-state index in [-0.39, 0.29) is 12.2 Å². The summed E-state index contributed by atoms with van der Waals surface area (Å²) in [4.78, 5) is 0. The maximum Gasteiger partial charge on any atom is 0.0833 e. The molecule has 0 heterocycles. The van der Waals surface area contributed by atoms with Crippen LogP contribution < -0.4 is 0 Å². The molecule has 1 nitrogen and oxygen atoms in total. The largest absolute Gasteiger partial charge is 0.366 e. The van der Waals surface area contributed by atoms with Gasteiger partial charge < -0.3 is 4.74 Å². The van der Waals surface area contributed by atoms with Crippen molar-refractivity contribution >= 4 is 31.9 Å². The Morgan fingerprint density at radius 1 is 0.556 bits per heavy atom. The van der Waals surface area contributed by atoms with Crippen LogP contribution in [0.3, 0.4) is 0 Å². The van der Waals surface area contributed by atoms with Gasteiger partial charge in [0.2, 0.25) is 0 Å². The zero-order valence-corrected chi connectivity index (χ0v) is 19.3. The summed E-state index contributed by atoms with van der Waals surface area (Å²) in [5.41, 5.74) is 2.61. The predicted octanol–water partition coefficient (Wildman–Crippen LogP) is 8.40. The van der Waals surface area contributed by atoms with Gasteiger partial charge >= 0.3 is 0 Å². The molecule has 2 atom stereocenters. The quantitative estimate of drug-likeness (QED) is 0.189. The number of unbranched alkanes of at least 4 members (excludes halogenated alkanes) is 4. The zero-order chi connectivity index (χ0) is 19.2. The first-order valence-corrected chi connectivity index (χ1v) is 12.5. The van der Waals surface area contributed by atoms with Gasteiger partial charge in [-0.15, -0.1) is 0 Å². The molecule has 0 aliphatic heterocycles. The molecule has 0 saturated carbocycles. The fourth-order valence-corrected chi connectivity index (χ4v) is 4.16. The molecule has 2 aromatic rings. The van der Waals surface area contributed by atoms with Crippen LogP contribution in [-0.4, -0.2) is 10.7 Å². The van der Waals surface area contributed by atoms with Crippen molar-refractivity contribution in [3.05, 3.63) is 71.8 Å². The van der Waals surface area contributed by atoms with Crippen molar-refractivity contribution in [3.63, 3.8) is 0 Å². The third-order valence-corrected chi connectivity index (χ3v) is 5.99. The molecule has 0 aromatic heterocycles. The molecule has 148 valence electrons. The summed E-state index contributed by atoms with van der Waals surface area (Å²) in [6, 6.07) is 21.5. The molecule has 0 saturated heterocycles. The summed E-state index contributed by atoms with van der Waals surface area (Å²) in [6.07, 6.45) is 9.88. The van der Waals surface area contributed by atoms with Gasteiger partial charge in [-0.3, -0.25) is 0 Å². The summed E-state index contributed by atoms with van der Waals surface area (Å²) < 4.78 is 6.76. The summed E-state index contributed by atoms with van der Waals surface area (Å²) >= 11 is 7.08. The van der Waals surface area contributed by atoms with Crippen LogP contribution in [0.25, 0.3) is 0 Å². The molecule has 2 aromatic carbocycles. The van der Waals surface area contributed by atoms with Gasteiger partial charge in [-0.25, -0.2) is 0 Å². The molecule has 3 heteroatoms. The van der Waals surface area contributed by atoms with Gasteiger partial charge in [-0.1, -0.05) is 118 Å². The van der Waals surface area contributed by atoms with Crippen molar-refractivity contribution < 1.29 is 4.74 Å². The highest BCUT2D eigenvalue weighted by molar-refractivity contribution is 9.09. The van der Waals surface area contributed by atoms with Crippen LogP contribution in [0.4, 0.5) is 0 Å². The molecule has 0 amide bonds. The molecule has 27 heavy (non-hydrogen) atoms. The van der Waals surface area contributed by atoms with E-state index in [1.807, 2.05) is 0 Å². The Hall–Kier alpha value is -0.640. The van der Waals surface area contributed by atoms with Gasteiger partial charge in [-0.2, -0.15) is 0 Å². The van der Waals surface area contributed by atoms with Crippen LogP contribution in [0.1, 0.15) is 74.7 Å². The van der Waals surface area contributed by atoms with Crippen molar-refractivity contribution in [3.8, 4) is 0 Å². The van der Waals surface area contributed by atoms with Gasteiger partial charge in [0.1, 0.15) is 0 Å². The smallest absolute Gasteiger partial charge is 0.0833 e. The van der Waals surface area contributed by atoms with Crippen molar-refractivity contribution in [2.45, 2.75) is 63.6 Å². The summed E-state index contributed by atoms with van der Waals surface area (Å²) in [6.45, 7) is 0. The average molecular weight is 496 g/mol. The number of alkyl halides is 2. The Bertz CT molecular complexity index is 534. The van der Waals surface area contributed by atoms with Crippen LogP contribution in [0.2, 0.25) is 0 Å². The van der Waals surface area contributed by atoms with E-state index in [4.69, 9.17) is 4.74 Å². The van der Waals surface area contributed by atoms with Crippen LogP contribution in [0.5, 0.6) is 0 Å². The normalized spacial score (nSPS) is 13.4. The fraction of sp³-hybridized carbons (Fsp3) is 0.500. The Kier molecular flexibility index (Phi) is 12.1. The molecule has 0 fully saturated rings. The van der Waals surface area contributed by atoms with Gasteiger partial charge in [0.05, 0.1) is 12.2 Å². The van der Waals surface area contributed by atoms with Crippen molar-refractivity contribution in [1.82, 2.24) is 0 Å². The number of halogens is 2. The van der Waals surface area contributed by atoms with Crippen molar-refractivity contribution in [1.29, 1.82) is 0 Å². The summed E-state index contributed by atoms with van der Waals surface area (Å²) in [5.74, 6) is 0. The van der Waals surface area contributed by atoms with E-state index in [2.05, 4.69) is 92.5 Å². The highest BCUT2D eigenvalue weighted by Crippen LogP contribution is 2.33. The zero-order valence-electron chi connectivity index (χ0n) is 16.2. The van der Waals surface area contributed by atoms with E-state index in [0.29, 0.717) is 0 Å². The third-order valence-electron chi connectivity index (χ3n) is 4.87. The highest BCUT2D eigenvalue weighted by atomic mass is 79.9. The minimum Gasteiger partial charge on any atom is -0.366 e. The SMILES string of the molecule is BrCCCCCC(OC(CCCCCBr)c1ccccc1)c1ccccc1. The highest BCUT2D eigenvalue weighted by Gasteiger charge is 2.19. The lowest BCUT2D eigenvalue weighted by Crippen LogP contribution is -2.11. The van der Waals surface area contributed by atoms with Crippen LogP contribution in [-0.2, 0) is 4.74 Å². The van der Waals surface area contributed by atoms with Gasteiger partial charge in [0, 0.05) is 10.7 Å². The van der Waals surface area contributed by atoms with E-state index >= 15 is 0 Å². The summed E-state index contributed by atoms with van der Waals surface area (Å²) in [7, 11) is 0. The first-order chi connectivity index (χ1) is 13.3. The second kappa shape index (κ2) is 14.4. The third kappa shape index (κ3) is 8.93. The Morgan fingerprint density at radius 2 is 0.963 bits per heavy atom. The molecule has 2 rings (SSSR count). The predicted molar refractivity (Wildman–Crippen MR) is 124 cm³/mol. The Balaban J connectivity index is 2.07. The van der Waals surface area contributed by atoms with Crippen molar-refractivity contribution in [2.75, 3.05) is 10.7 Å². The minimum atomic E-state index is 0.169. The molecule has 0 radical (unpaired) electrons. The number of hydrogen-bond acceptors (Lipinski definition) is 1. The number of rotatable bonds is 14. The summed E-state index contributed by atoms with van der Waals surface area (Å²) in [5, 5.41) is 2.17. The molecule has 0 spiro atoms. The minimum absolute atomic E-state index is 0.169. The molecular weight excluding hydrogens is 464 g/mol. The fourth-order valence-electron chi connectivity index (χ4n) is 3.36. The van der Waals surface area contributed by atoms with Crippen LogP contribution in [0.15, 0.2) is 60.7 Å². The Morgan fingerprint density at radius 3 is 1.33 bits per heavy atom. The van der Waals surface area contributed by atoms with Gasteiger partial charge in [-0.05, 0) is 36.8 Å². The topological polar surface area (TPSA) is 9.23 Å². The molecule has 0 aliphatic rings. The molecular formula is C24H32Br2O. The van der Waals surface area contributed by atoms with Gasteiger partial charge in [0.15, 0.2) is 0 Å². The first kappa shape index (κ1) is 22.6. The maximum absolute atomic E-state index is 6.76. The second-order valence-electron chi connectivity index (χ2n) is 7.01. The number of benzene rings is 2. The lowest BCUT2D eigenvalue weighted by molar-refractivity contribution is -0.0263. The van der Waals surface area contributed by atoms with Crippen LogP contribution >= 0.6 is 31.9 Å². The first-order valence-electron chi connectivity index (χ1n) is 10.2. The van der Waals surface area contributed by atoms with E-state index in [1.165, 1.54) is 49.7 Å². The monoisotopic (exact) mass is 494 g/mol. The molecule has 0 N–H and O–H groups in total. The standard InChI is InChI=1S/C24H32Br2O/c25-19-11-3-9-17-23(21-13-5-1-6-14-21)27-24(18-10-4-12-20-26)22-15-7-2-8-16-22/h1-2,5-8,13-16,23-24H,3-4,9-12,17-20H2. The molecule has 2 unspecified atom stereocenters. The molecule has 0 bridgehead atoms. The molecule has 0 aliphatic carbocycles. The maximum atomic E-state index is 6.76. The van der Waals surface area contributed by atoms with E-state index in [1.54, 1.807) is 0 Å². The number of hydrogen-bond donors (Lipinski definition) is 0. The van der Waals surface area contributed by atoms with Gasteiger partial charge in [0.25, 0.3) is 0 Å².